The smallest absolute Gasteiger partial charge is 0.261 e. The molecule has 8 nitrogen and oxygen atoms in total. The second-order valence-corrected chi connectivity index (χ2v) is 12.1. The number of fused-ring (bicyclic) bond motifs is 1. The summed E-state index contributed by atoms with van der Waals surface area (Å²) in [5, 5.41) is 8.73. The average Bonchev–Trinajstić information content (AvgIpc) is 3.25. The van der Waals surface area contributed by atoms with Crippen molar-refractivity contribution >= 4 is 27.1 Å². The number of likely N-dealkylation sites (tertiary alicyclic amines) is 1. The topological polar surface area (TPSA) is 106 Å². The van der Waals surface area contributed by atoms with Gasteiger partial charge in [0.15, 0.2) is 9.84 Å². The van der Waals surface area contributed by atoms with E-state index < -0.39 is 27.7 Å². The Balaban J connectivity index is 1.50. The van der Waals surface area contributed by atoms with Gasteiger partial charge in [-0.1, -0.05) is 23.7 Å². The molecule has 12 heteroatoms. The molecule has 0 radical (unpaired) electrons. The molecular formula is C24H26ClF2N5O3S. The van der Waals surface area contributed by atoms with Crippen LogP contribution in [-0.2, 0) is 16.4 Å². The summed E-state index contributed by atoms with van der Waals surface area (Å²) in [6.45, 7) is 0.800. The van der Waals surface area contributed by atoms with Gasteiger partial charge >= 0.3 is 0 Å². The number of alkyl halides is 2. The van der Waals surface area contributed by atoms with E-state index in [1.165, 1.54) is 6.07 Å². The fraction of sp³-hybridized carbons (Fsp3) is 0.417. The molecule has 1 aromatic heterocycles. The van der Waals surface area contributed by atoms with E-state index in [-0.39, 0.29) is 35.4 Å². The third kappa shape index (κ3) is 5.24. The van der Waals surface area contributed by atoms with Crippen molar-refractivity contribution in [1.29, 1.82) is 0 Å². The van der Waals surface area contributed by atoms with Crippen molar-refractivity contribution < 1.29 is 21.6 Å². The van der Waals surface area contributed by atoms with Crippen molar-refractivity contribution in [3.63, 3.8) is 0 Å². The van der Waals surface area contributed by atoms with Crippen molar-refractivity contribution in [2.24, 2.45) is 5.73 Å². The van der Waals surface area contributed by atoms with Crippen LogP contribution in [0.1, 0.15) is 23.8 Å². The minimum atomic E-state index is -3.63. The molecule has 0 spiro atoms. The van der Waals surface area contributed by atoms with Crippen LogP contribution in [0, 0.1) is 0 Å². The summed E-state index contributed by atoms with van der Waals surface area (Å²) in [5.74, 6) is -3.34. The second kappa shape index (κ2) is 9.37. The minimum Gasteiger partial charge on any atom is -0.420 e. The van der Waals surface area contributed by atoms with Gasteiger partial charge in [0.05, 0.1) is 28.8 Å². The molecule has 2 aliphatic heterocycles. The summed E-state index contributed by atoms with van der Waals surface area (Å²) < 4.78 is 60.1. The summed E-state index contributed by atoms with van der Waals surface area (Å²) in [7, 11) is -2.00. The number of piperidine rings is 1. The van der Waals surface area contributed by atoms with Gasteiger partial charge in [-0.15, -0.1) is 10.2 Å². The molecule has 2 atom stereocenters. The summed E-state index contributed by atoms with van der Waals surface area (Å²) in [4.78, 5) is 3.62. The fourth-order valence-corrected chi connectivity index (χ4v) is 6.69. The van der Waals surface area contributed by atoms with Gasteiger partial charge in [-0.25, -0.2) is 17.2 Å². The van der Waals surface area contributed by atoms with Crippen LogP contribution in [-0.4, -0.2) is 67.9 Å². The number of hydrogen-bond donors (Lipinski definition) is 1. The quantitative estimate of drug-likeness (QED) is 0.538. The Morgan fingerprint density at radius 3 is 2.64 bits per heavy atom. The van der Waals surface area contributed by atoms with Crippen LogP contribution >= 0.6 is 11.6 Å². The van der Waals surface area contributed by atoms with E-state index in [0.717, 1.165) is 5.56 Å². The van der Waals surface area contributed by atoms with Gasteiger partial charge in [0.1, 0.15) is 0 Å². The maximum atomic E-state index is 14.1. The Hall–Kier alpha value is -2.60. The highest BCUT2D eigenvalue weighted by molar-refractivity contribution is 7.91. The predicted octanol–water partition coefficient (Wildman–Crippen LogP) is 3.57. The zero-order valence-corrected chi connectivity index (χ0v) is 21.1. The van der Waals surface area contributed by atoms with Crippen molar-refractivity contribution in [2.75, 3.05) is 37.3 Å². The lowest BCUT2D eigenvalue weighted by atomic mass is 9.95. The van der Waals surface area contributed by atoms with Gasteiger partial charge < -0.3 is 15.1 Å². The number of sulfone groups is 1. The zero-order valence-electron chi connectivity index (χ0n) is 19.6. The molecule has 0 saturated carbocycles. The van der Waals surface area contributed by atoms with E-state index in [9.17, 15) is 17.2 Å². The number of aromatic nitrogens is 2. The molecule has 1 saturated heterocycles. The Morgan fingerprint density at radius 1 is 1.17 bits per heavy atom. The summed E-state index contributed by atoms with van der Waals surface area (Å²) >= 11 is 6.01. The van der Waals surface area contributed by atoms with Gasteiger partial charge in [-0.3, -0.25) is 4.90 Å². The summed E-state index contributed by atoms with van der Waals surface area (Å²) in [6, 6.07) is 11.5. The third-order valence-electron chi connectivity index (χ3n) is 6.42. The molecule has 36 heavy (non-hydrogen) atoms. The molecule has 5 rings (SSSR count). The van der Waals surface area contributed by atoms with Gasteiger partial charge in [0, 0.05) is 42.7 Å². The van der Waals surface area contributed by atoms with Crippen molar-refractivity contribution in [2.45, 2.75) is 35.7 Å². The Morgan fingerprint density at radius 2 is 1.92 bits per heavy atom. The zero-order chi connectivity index (χ0) is 25.7. The number of anilines is 1. The molecule has 2 aliphatic rings. The minimum absolute atomic E-state index is 0.138. The molecular weight excluding hydrogens is 512 g/mol. The van der Waals surface area contributed by atoms with Crippen molar-refractivity contribution in [3.8, 4) is 11.5 Å². The molecule has 2 N–H and O–H groups in total. The van der Waals surface area contributed by atoms with Gasteiger partial charge in [-0.05, 0) is 42.9 Å². The first kappa shape index (κ1) is 25.1. The molecule has 0 aliphatic carbocycles. The van der Waals surface area contributed by atoms with Crippen LogP contribution in [0.25, 0.3) is 11.5 Å². The van der Waals surface area contributed by atoms with Gasteiger partial charge in [0.2, 0.25) is 11.8 Å². The number of likely N-dealkylation sites (N-methyl/N-ethyl adjacent to an activating group) is 1. The summed E-state index contributed by atoms with van der Waals surface area (Å²) in [6.07, 6.45) is -0.367. The maximum Gasteiger partial charge on any atom is 0.261 e. The molecule has 0 amide bonds. The molecule has 3 heterocycles. The molecule has 1 fully saturated rings. The van der Waals surface area contributed by atoms with Gasteiger partial charge in [-0.2, -0.15) is 0 Å². The molecule has 2 aromatic carbocycles. The third-order valence-corrected chi connectivity index (χ3v) is 8.56. The monoisotopic (exact) mass is 537 g/mol. The first-order valence-corrected chi connectivity index (χ1v) is 13.5. The predicted molar refractivity (Wildman–Crippen MR) is 132 cm³/mol. The maximum absolute atomic E-state index is 14.1. The first-order valence-electron chi connectivity index (χ1n) is 11.5. The average molecular weight is 538 g/mol. The van der Waals surface area contributed by atoms with Crippen LogP contribution in [0.3, 0.4) is 0 Å². The lowest BCUT2D eigenvalue weighted by molar-refractivity contribution is -0.0678. The lowest BCUT2D eigenvalue weighted by Crippen LogP contribution is -2.44. The first-order chi connectivity index (χ1) is 17.0. The lowest BCUT2D eigenvalue weighted by Gasteiger charge is -2.33. The van der Waals surface area contributed by atoms with E-state index in [0.29, 0.717) is 35.9 Å². The molecule has 3 aromatic rings. The highest BCUT2D eigenvalue weighted by atomic mass is 35.5. The second-order valence-electron chi connectivity index (χ2n) is 9.63. The van der Waals surface area contributed by atoms with E-state index in [2.05, 4.69) is 10.2 Å². The summed E-state index contributed by atoms with van der Waals surface area (Å²) in [5.41, 5.74) is 8.08. The van der Waals surface area contributed by atoms with Crippen LogP contribution < -0.4 is 10.6 Å². The molecule has 0 bridgehead atoms. The van der Waals surface area contributed by atoms with E-state index >= 15 is 0 Å². The number of benzene rings is 2. The Bertz CT molecular complexity index is 1370. The number of hydrogen-bond acceptors (Lipinski definition) is 8. The van der Waals surface area contributed by atoms with Gasteiger partial charge in [0.25, 0.3) is 5.92 Å². The van der Waals surface area contributed by atoms with Crippen LogP contribution in [0.5, 0.6) is 0 Å². The number of nitrogens with zero attached hydrogens (tertiary/aromatic N) is 4. The number of rotatable bonds is 4. The van der Waals surface area contributed by atoms with Crippen LogP contribution in [0.2, 0.25) is 5.02 Å². The SMILES string of the molecule is CN1CC(c2nnc(-c3ccc4c(c3)N(Cc3ccc(Cl)cc3)C[C@@H](N)CS4(=O)=O)o2)CC(F)(F)C1. The van der Waals surface area contributed by atoms with E-state index in [1.54, 1.807) is 36.2 Å². The highest BCUT2D eigenvalue weighted by Gasteiger charge is 2.41. The Kier molecular flexibility index (Phi) is 6.52. The number of nitrogens with two attached hydrogens (primary N) is 1. The van der Waals surface area contributed by atoms with Crippen molar-refractivity contribution in [1.82, 2.24) is 15.1 Å². The number of halogens is 3. The largest absolute Gasteiger partial charge is 0.420 e. The Labute approximate surface area is 213 Å². The van der Waals surface area contributed by atoms with Crippen LogP contribution in [0.4, 0.5) is 14.5 Å². The molecule has 192 valence electrons. The standard InChI is InChI=1S/C24H26ClF2N5O3S/c1-31-11-17(9-24(26,27)14-31)23-30-29-22(35-23)16-4-7-21-20(8-16)32(12-19(28)13-36(21,33)34)10-15-2-5-18(25)6-3-15/h2-8,17,19H,9-14,28H2,1H3/t17?,19-/m1/s1. The van der Waals surface area contributed by atoms with E-state index in [4.69, 9.17) is 21.8 Å². The fourth-order valence-electron chi connectivity index (χ4n) is 4.93. The van der Waals surface area contributed by atoms with Crippen LogP contribution in [0.15, 0.2) is 51.8 Å². The normalized spacial score (nSPS) is 23.8. The van der Waals surface area contributed by atoms with E-state index in [1.807, 2.05) is 17.0 Å². The van der Waals surface area contributed by atoms with Crippen molar-refractivity contribution in [3.05, 3.63) is 58.9 Å². The molecule has 1 unspecified atom stereocenters. The highest BCUT2D eigenvalue weighted by Crippen LogP contribution is 2.38.